The summed E-state index contributed by atoms with van der Waals surface area (Å²) in [5.41, 5.74) is 1.21. The minimum atomic E-state index is -0.165. The smallest absolute Gasteiger partial charge is 0.274 e. The number of hydrogen-bond acceptors (Lipinski definition) is 4. The van der Waals surface area contributed by atoms with E-state index in [0.717, 1.165) is 37.0 Å². The Balaban J connectivity index is 1.84. The van der Waals surface area contributed by atoms with Crippen LogP contribution in [0.15, 0.2) is 41.2 Å². The molecule has 0 spiro atoms. The average Bonchev–Trinajstić information content (AvgIpc) is 3.56. The first kappa shape index (κ1) is 20.1. The maximum absolute atomic E-state index is 13.3. The SMILES string of the molecule is CCCCn1nc(C(=O)N(Cc2ccc(OC)cc2)C(C)C2CC2)ccc1=O. The average molecular weight is 383 g/mol. The van der Waals surface area contributed by atoms with Crippen LogP contribution >= 0.6 is 0 Å². The first-order valence-electron chi connectivity index (χ1n) is 10.1. The van der Waals surface area contributed by atoms with Crippen molar-refractivity contribution in [2.45, 2.75) is 58.7 Å². The molecule has 150 valence electrons. The van der Waals surface area contributed by atoms with Gasteiger partial charge in [-0.1, -0.05) is 25.5 Å². The summed E-state index contributed by atoms with van der Waals surface area (Å²) in [6, 6.07) is 10.9. The summed E-state index contributed by atoms with van der Waals surface area (Å²) in [6.07, 6.45) is 4.13. The molecule has 1 unspecified atom stereocenters. The van der Waals surface area contributed by atoms with Crippen molar-refractivity contribution in [2.24, 2.45) is 5.92 Å². The van der Waals surface area contributed by atoms with Crippen LogP contribution < -0.4 is 10.3 Å². The Morgan fingerprint density at radius 1 is 1.25 bits per heavy atom. The molecule has 2 aromatic rings. The number of aryl methyl sites for hydroxylation is 1. The van der Waals surface area contributed by atoms with Crippen LogP contribution in [0.5, 0.6) is 5.75 Å². The van der Waals surface area contributed by atoms with E-state index in [0.29, 0.717) is 24.7 Å². The Bertz CT molecular complexity index is 856. The number of ether oxygens (including phenoxy) is 1. The zero-order valence-electron chi connectivity index (χ0n) is 16.9. The molecule has 1 aliphatic rings. The molecule has 1 amide bonds. The fraction of sp³-hybridized carbons (Fsp3) is 0.500. The number of unbranched alkanes of at least 4 members (excludes halogenated alkanes) is 1. The Morgan fingerprint density at radius 2 is 1.96 bits per heavy atom. The summed E-state index contributed by atoms with van der Waals surface area (Å²) in [4.78, 5) is 27.2. The lowest BCUT2D eigenvalue weighted by molar-refractivity contribution is 0.0645. The fourth-order valence-electron chi connectivity index (χ4n) is 3.34. The molecule has 28 heavy (non-hydrogen) atoms. The molecule has 0 radical (unpaired) electrons. The van der Waals surface area contributed by atoms with Crippen molar-refractivity contribution in [3.63, 3.8) is 0 Å². The topological polar surface area (TPSA) is 64.4 Å². The van der Waals surface area contributed by atoms with Gasteiger partial charge in [-0.25, -0.2) is 4.68 Å². The van der Waals surface area contributed by atoms with E-state index in [9.17, 15) is 9.59 Å². The maximum Gasteiger partial charge on any atom is 0.274 e. The second kappa shape index (κ2) is 9.04. The van der Waals surface area contributed by atoms with Crippen LogP contribution in [0.1, 0.15) is 55.6 Å². The second-order valence-corrected chi connectivity index (χ2v) is 7.49. The molecule has 1 fully saturated rings. The molecule has 3 rings (SSSR count). The quantitative estimate of drug-likeness (QED) is 0.665. The van der Waals surface area contributed by atoms with E-state index in [1.54, 1.807) is 13.2 Å². The van der Waals surface area contributed by atoms with Gasteiger partial charge in [0.2, 0.25) is 0 Å². The standard InChI is InChI=1S/C22H29N3O3/c1-4-5-14-25-21(26)13-12-20(23-25)22(27)24(16(2)18-8-9-18)15-17-6-10-19(28-3)11-7-17/h6-7,10-13,16,18H,4-5,8-9,14-15H2,1-3H3. The van der Waals surface area contributed by atoms with Gasteiger partial charge in [-0.15, -0.1) is 0 Å². The molecule has 1 aliphatic carbocycles. The number of aromatic nitrogens is 2. The monoisotopic (exact) mass is 383 g/mol. The van der Waals surface area contributed by atoms with Crippen molar-refractivity contribution in [2.75, 3.05) is 7.11 Å². The summed E-state index contributed by atoms with van der Waals surface area (Å²) < 4.78 is 6.63. The van der Waals surface area contributed by atoms with Crippen LogP contribution in [-0.4, -0.2) is 33.7 Å². The van der Waals surface area contributed by atoms with Crippen LogP contribution in [0, 0.1) is 5.92 Å². The molecular weight excluding hydrogens is 354 g/mol. The highest BCUT2D eigenvalue weighted by atomic mass is 16.5. The lowest BCUT2D eigenvalue weighted by Crippen LogP contribution is -2.40. The van der Waals surface area contributed by atoms with Gasteiger partial charge in [-0.2, -0.15) is 5.10 Å². The van der Waals surface area contributed by atoms with Crippen LogP contribution in [0.2, 0.25) is 0 Å². The fourth-order valence-corrected chi connectivity index (χ4v) is 3.34. The van der Waals surface area contributed by atoms with Gasteiger partial charge in [-0.05, 0) is 55.9 Å². The van der Waals surface area contributed by atoms with Gasteiger partial charge in [0.1, 0.15) is 11.4 Å². The molecule has 1 saturated carbocycles. The summed E-state index contributed by atoms with van der Waals surface area (Å²) in [5.74, 6) is 1.20. The molecule has 0 saturated heterocycles. The van der Waals surface area contributed by atoms with E-state index in [1.165, 1.54) is 10.7 Å². The van der Waals surface area contributed by atoms with Crippen molar-refractivity contribution in [3.8, 4) is 5.75 Å². The zero-order chi connectivity index (χ0) is 20.1. The molecule has 0 bridgehead atoms. The Morgan fingerprint density at radius 3 is 2.57 bits per heavy atom. The van der Waals surface area contributed by atoms with Crippen LogP contribution in [-0.2, 0) is 13.1 Å². The predicted molar refractivity (Wildman–Crippen MR) is 108 cm³/mol. The van der Waals surface area contributed by atoms with Gasteiger partial charge in [0, 0.05) is 25.2 Å². The number of methoxy groups -OCH3 is 1. The van der Waals surface area contributed by atoms with E-state index in [2.05, 4.69) is 18.9 Å². The minimum Gasteiger partial charge on any atom is -0.497 e. The van der Waals surface area contributed by atoms with E-state index < -0.39 is 0 Å². The van der Waals surface area contributed by atoms with Crippen molar-refractivity contribution in [1.82, 2.24) is 14.7 Å². The second-order valence-electron chi connectivity index (χ2n) is 7.49. The first-order valence-corrected chi connectivity index (χ1v) is 10.1. The number of carbonyl (C=O) groups is 1. The third-order valence-electron chi connectivity index (χ3n) is 5.38. The van der Waals surface area contributed by atoms with E-state index in [4.69, 9.17) is 4.74 Å². The van der Waals surface area contributed by atoms with Crippen LogP contribution in [0.25, 0.3) is 0 Å². The largest absolute Gasteiger partial charge is 0.497 e. The molecule has 1 aromatic heterocycles. The number of amides is 1. The molecule has 0 aliphatic heterocycles. The van der Waals surface area contributed by atoms with Gasteiger partial charge in [0.15, 0.2) is 0 Å². The highest BCUT2D eigenvalue weighted by molar-refractivity contribution is 5.92. The van der Waals surface area contributed by atoms with E-state index in [1.807, 2.05) is 29.2 Å². The summed E-state index contributed by atoms with van der Waals surface area (Å²) >= 11 is 0. The van der Waals surface area contributed by atoms with Crippen LogP contribution in [0.4, 0.5) is 0 Å². The lowest BCUT2D eigenvalue weighted by Gasteiger charge is -2.29. The minimum absolute atomic E-state index is 0.125. The molecule has 6 nitrogen and oxygen atoms in total. The molecule has 6 heteroatoms. The molecule has 1 atom stereocenters. The molecule has 0 N–H and O–H groups in total. The number of carbonyl (C=O) groups excluding carboxylic acids is 1. The van der Waals surface area contributed by atoms with E-state index in [-0.39, 0.29) is 17.5 Å². The van der Waals surface area contributed by atoms with Gasteiger partial charge in [-0.3, -0.25) is 9.59 Å². The van der Waals surface area contributed by atoms with Crippen molar-refractivity contribution in [3.05, 3.63) is 58.0 Å². The van der Waals surface area contributed by atoms with Gasteiger partial charge >= 0.3 is 0 Å². The van der Waals surface area contributed by atoms with Gasteiger partial charge in [0.05, 0.1) is 7.11 Å². The summed E-state index contributed by atoms with van der Waals surface area (Å²) in [6.45, 7) is 5.21. The van der Waals surface area contributed by atoms with E-state index >= 15 is 0 Å². The van der Waals surface area contributed by atoms with Gasteiger partial charge < -0.3 is 9.64 Å². The number of nitrogens with zero attached hydrogens (tertiary/aromatic N) is 3. The Hall–Kier alpha value is -2.63. The molecule has 1 aromatic carbocycles. The highest BCUT2D eigenvalue weighted by Crippen LogP contribution is 2.36. The molecule has 1 heterocycles. The third kappa shape index (κ3) is 4.80. The lowest BCUT2D eigenvalue weighted by atomic mass is 10.1. The maximum atomic E-state index is 13.3. The van der Waals surface area contributed by atoms with Crippen molar-refractivity contribution >= 4 is 5.91 Å². The van der Waals surface area contributed by atoms with Gasteiger partial charge in [0.25, 0.3) is 11.5 Å². The van der Waals surface area contributed by atoms with Crippen LogP contribution in [0.3, 0.4) is 0 Å². The predicted octanol–water partition coefficient (Wildman–Crippen LogP) is 3.49. The number of benzene rings is 1. The summed E-state index contributed by atoms with van der Waals surface area (Å²) in [7, 11) is 1.64. The number of hydrogen-bond donors (Lipinski definition) is 0. The zero-order valence-corrected chi connectivity index (χ0v) is 16.9. The van der Waals surface area contributed by atoms with Crippen molar-refractivity contribution in [1.29, 1.82) is 0 Å². The summed E-state index contributed by atoms with van der Waals surface area (Å²) in [5, 5.41) is 4.35. The third-order valence-corrected chi connectivity index (χ3v) is 5.38. The number of rotatable bonds is 9. The Labute approximate surface area is 166 Å². The normalized spacial score (nSPS) is 14.5. The first-order chi connectivity index (χ1) is 13.5. The van der Waals surface area contributed by atoms with Crippen molar-refractivity contribution < 1.29 is 9.53 Å². The highest BCUT2D eigenvalue weighted by Gasteiger charge is 2.35. The molecular formula is C22H29N3O3. The Kier molecular flexibility index (Phi) is 6.49.